The molecule has 2 saturated heterocycles. The molecule has 2 heterocycles. The van der Waals surface area contributed by atoms with E-state index in [-0.39, 0.29) is 11.9 Å². The quantitative estimate of drug-likeness (QED) is 0.791. The average Bonchev–Trinajstić information content (AvgIpc) is 2.81. The molecule has 3 amide bonds. The van der Waals surface area contributed by atoms with Crippen LogP contribution in [-0.2, 0) is 4.79 Å². The van der Waals surface area contributed by atoms with Gasteiger partial charge in [0.25, 0.3) is 0 Å². The molecule has 0 bridgehead atoms. The van der Waals surface area contributed by atoms with Crippen LogP contribution in [0.1, 0.15) is 25.7 Å². The number of hydrogen-bond acceptors (Lipinski definition) is 3. The fraction of sp³-hybridized carbons (Fsp3) is 0.857. The van der Waals surface area contributed by atoms with E-state index in [2.05, 4.69) is 5.32 Å². The molecule has 6 nitrogen and oxygen atoms in total. The van der Waals surface area contributed by atoms with Crippen LogP contribution < -0.4 is 5.32 Å². The molecule has 6 heteroatoms. The van der Waals surface area contributed by atoms with Gasteiger partial charge in [-0.1, -0.05) is 0 Å². The highest BCUT2D eigenvalue weighted by atomic mass is 16.2. The zero-order valence-electron chi connectivity index (χ0n) is 12.6. The van der Waals surface area contributed by atoms with Crippen molar-refractivity contribution in [3.8, 4) is 0 Å². The molecule has 0 spiro atoms. The van der Waals surface area contributed by atoms with Crippen LogP contribution in [0.4, 0.5) is 4.79 Å². The molecule has 0 aromatic heterocycles. The molecule has 0 atom stereocenters. The number of rotatable bonds is 5. The normalized spacial score (nSPS) is 20.6. The van der Waals surface area contributed by atoms with Crippen LogP contribution in [0.2, 0.25) is 0 Å². The van der Waals surface area contributed by atoms with E-state index in [0.29, 0.717) is 19.0 Å². The number of urea groups is 1. The van der Waals surface area contributed by atoms with Crippen molar-refractivity contribution in [1.82, 2.24) is 20.0 Å². The third kappa shape index (κ3) is 3.62. The van der Waals surface area contributed by atoms with Crippen molar-refractivity contribution in [2.24, 2.45) is 0 Å². The van der Waals surface area contributed by atoms with E-state index in [1.165, 1.54) is 0 Å². The Labute approximate surface area is 121 Å². The Kier molecular flexibility index (Phi) is 5.23. The van der Waals surface area contributed by atoms with E-state index in [4.69, 9.17) is 0 Å². The summed E-state index contributed by atoms with van der Waals surface area (Å²) in [5.74, 6) is 0.131. The van der Waals surface area contributed by atoms with Gasteiger partial charge in [-0.3, -0.25) is 4.79 Å². The zero-order chi connectivity index (χ0) is 14.5. The topological polar surface area (TPSA) is 55.9 Å². The summed E-state index contributed by atoms with van der Waals surface area (Å²) in [7, 11) is 3.53. The monoisotopic (exact) mass is 282 g/mol. The van der Waals surface area contributed by atoms with Gasteiger partial charge in [-0.15, -0.1) is 0 Å². The van der Waals surface area contributed by atoms with Crippen LogP contribution in [-0.4, -0.2) is 79.5 Å². The van der Waals surface area contributed by atoms with Gasteiger partial charge in [-0.25, -0.2) is 4.79 Å². The molecule has 0 aliphatic carbocycles. The van der Waals surface area contributed by atoms with Gasteiger partial charge < -0.3 is 20.0 Å². The number of piperidine rings is 1. The summed E-state index contributed by atoms with van der Waals surface area (Å²) in [6, 6.07) is 0.561. The highest BCUT2D eigenvalue weighted by molar-refractivity contribution is 5.77. The molecule has 0 radical (unpaired) electrons. The Hall–Kier alpha value is -1.30. The standard InChI is InChI=1S/C14H26N4O2/c1-16(2)13(19)4-3-9-17-10-11-18(14(17)20)12-5-7-15-8-6-12/h12,15H,3-11H2,1-2H3. The Morgan fingerprint density at radius 2 is 2.00 bits per heavy atom. The number of carbonyl (C=O) groups excluding carboxylic acids is 2. The van der Waals surface area contributed by atoms with Gasteiger partial charge in [-0.2, -0.15) is 0 Å². The van der Waals surface area contributed by atoms with Crippen molar-refractivity contribution in [1.29, 1.82) is 0 Å². The fourth-order valence-corrected chi connectivity index (χ4v) is 2.91. The molecule has 2 aliphatic rings. The Balaban J connectivity index is 1.74. The molecule has 0 unspecified atom stereocenters. The van der Waals surface area contributed by atoms with Crippen molar-refractivity contribution >= 4 is 11.9 Å². The van der Waals surface area contributed by atoms with Crippen LogP contribution in [0.5, 0.6) is 0 Å². The van der Waals surface area contributed by atoms with Gasteiger partial charge in [0.1, 0.15) is 0 Å². The smallest absolute Gasteiger partial charge is 0.320 e. The van der Waals surface area contributed by atoms with Gasteiger partial charge in [-0.05, 0) is 32.4 Å². The molecule has 2 rings (SSSR count). The zero-order valence-corrected chi connectivity index (χ0v) is 12.6. The largest absolute Gasteiger partial charge is 0.349 e. The van der Waals surface area contributed by atoms with E-state index in [1.54, 1.807) is 19.0 Å². The minimum atomic E-state index is 0.131. The van der Waals surface area contributed by atoms with Crippen molar-refractivity contribution in [2.75, 3.05) is 46.8 Å². The van der Waals surface area contributed by atoms with Gasteiger partial charge in [0, 0.05) is 46.2 Å². The van der Waals surface area contributed by atoms with Crippen LogP contribution in [0, 0.1) is 0 Å². The maximum atomic E-state index is 12.4. The third-order valence-corrected chi connectivity index (χ3v) is 4.19. The second kappa shape index (κ2) is 6.92. The second-order valence-corrected chi connectivity index (χ2v) is 5.84. The van der Waals surface area contributed by atoms with Gasteiger partial charge in [0.05, 0.1) is 0 Å². The highest BCUT2D eigenvalue weighted by Gasteiger charge is 2.33. The minimum Gasteiger partial charge on any atom is -0.349 e. The summed E-state index contributed by atoms with van der Waals surface area (Å²) < 4.78 is 0. The molecule has 114 valence electrons. The lowest BCUT2D eigenvalue weighted by Crippen LogP contribution is -2.45. The maximum Gasteiger partial charge on any atom is 0.320 e. The lowest BCUT2D eigenvalue weighted by atomic mass is 10.1. The number of nitrogens with one attached hydrogen (secondary N) is 1. The summed E-state index contributed by atoms with van der Waals surface area (Å²) in [5, 5.41) is 3.33. The van der Waals surface area contributed by atoms with Crippen molar-refractivity contribution in [3.05, 3.63) is 0 Å². The number of nitrogens with zero attached hydrogens (tertiary/aromatic N) is 3. The lowest BCUT2D eigenvalue weighted by molar-refractivity contribution is -0.128. The maximum absolute atomic E-state index is 12.4. The van der Waals surface area contributed by atoms with Crippen LogP contribution in [0.25, 0.3) is 0 Å². The summed E-state index contributed by atoms with van der Waals surface area (Å²) in [5.41, 5.74) is 0. The van der Waals surface area contributed by atoms with E-state index in [0.717, 1.165) is 45.4 Å². The lowest BCUT2D eigenvalue weighted by Gasteiger charge is -2.31. The Morgan fingerprint density at radius 1 is 1.30 bits per heavy atom. The third-order valence-electron chi connectivity index (χ3n) is 4.19. The highest BCUT2D eigenvalue weighted by Crippen LogP contribution is 2.19. The first-order valence-electron chi connectivity index (χ1n) is 7.56. The van der Waals surface area contributed by atoms with Crippen LogP contribution in [0.15, 0.2) is 0 Å². The first kappa shape index (κ1) is 15.1. The van der Waals surface area contributed by atoms with Crippen LogP contribution in [0.3, 0.4) is 0 Å². The Bertz CT molecular complexity index is 353. The van der Waals surface area contributed by atoms with E-state index >= 15 is 0 Å². The molecule has 20 heavy (non-hydrogen) atoms. The predicted octanol–water partition coefficient (Wildman–Crippen LogP) is 0.344. The minimum absolute atomic E-state index is 0.131. The predicted molar refractivity (Wildman–Crippen MR) is 77.5 cm³/mol. The molecule has 0 saturated carbocycles. The van der Waals surface area contributed by atoms with E-state index < -0.39 is 0 Å². The van der Waals surface area contributed by atoms with E-state index in [9.17, 15) is 9.59 Å². The second-order valence-electron chi connectivity index (χ2n) is 5.84. The van der Waals surface area contributed by atoms with Gasteiger partial charge in [0.2, 0.25) is 5.91 Å². The first-order valence-corrected chi connectivity index (χ1v) is 7.56. The molecule has 0 aromatic rings. The number of amides is 3. The van der Waals surface area contributed by atoms with Crippen molar-refractivity contribution in [3.63, 3.8) is 0 Å². The molecule has 2 fully saturated rings. The number of carbonyl (C=O) groups is 2. The van der Waals surface area contributed by atoms with Crippen molar-refractivity contribution in [2.45, 2.75) is 31.7 Å². The van der Waals surface area contributed by atoms with Crippen LogP contribution >= 0.6 is 0 Å². The van der Waals surface area contributed by atoms with Gasteiger partial charge in [0.15, 0.2) is 0 Å². The summed E-state index contributed by atoms with van der Waals surface area (Å²) in [6.07, 6.45) is 3.38. The number of hydrogen-bond donors (Lipinski definition) is 1. The van der Waals surface area contributed by atoms with Crippen molar-refractivity contribution < 1.29 is 9.59 Å². The molecule has 2 aliphatic heterocycles. The first-order chi connectivity index (χ1) is 9.59. The SMILES string of the molecule is CN(C)C(=O)CCCN1CCN(C2CCNCC2)C1=O. The summed E-state index contributed by atoms with van der Waals surface area (Å²) in [4.78, 5) is 29.4. The fourth-order valence-electron chi connectivity index (χ4n) is 2.91. The van der Waals surface area contributed by atoms with E-state index in [1.807, 2.05) is 9.80 Å². The summed E-state index contributed by atoms with van der Waals surface area (Å²) >= 11 is 0. The molecule has 1 N–H and O–H groups in total. The Morgan fingerprint density at radius 3 is 2.65 bits per heavy atom. The molecular formula is C14H26N4O2. The summed E-state index contributed by atoms with van der Waals surface area (Å²) in [6.45, 7) is 4.35. The average molecular weight is 282 g/mol. The van der Waals surface area contributed by atoms with Gasteiger partial charge >= 0.3 is 6.03 Å². The molecular weight excluding hydrogens is 256 g/mol. The molecule has 0 aromatic carbocycles.